The van der Waals surface area contributed by atoms with Crippen molar-refractivity contribution in [3.8, 4) is 17.2 Å². The molecule has 2 amide bonds. The zero-order valence-electron chi connectivity index (χ0n) is 17.5. The van der Waals surface area contributed by atoms with E-state index in [9.17, 15) is 14.4 Å². The Balaban J connectivity index is 1.53. The highest BCUT2D eigenvalue weighted by atomic mass is 16.5. The highest BCUT2D eigenvalue weighted by molar-refractivity contribution is 5.94. The predicted octanol–water partition coefficient (Wildman–Crippen LogP) is 2.72. The van der Waals surface area contributed by atoms with E-state index >= 15 is 0 Å². The smallest absolute Gasteiger partial charge is 0.338 e. The number of hydrogen-bond acceptors (Lipinski definition) is 6. The van der Waals surface area contributed by atoms with Gasteiger partial charge in [0.2, 0.25) is 0 Å². The largest absolute Gasteiger partial charge is 0.480 e. The average Bonchev–Trinajstić information content (AvgIpc) is 3.04. The number of likely N-dealkylation sites (tertiary alicyclic amines) is 2. The van der Waals surface area contributed by atoms with Crippen molar-refractivity contribution in [3.63, 3.8) is 0 Å². The first-order valence-electron chi connectivity index (χ1n) is 10.2. The molecule has 2 aromatic rings. The summed E-state index contributed by atoms with van der Waals surface area (Å²) in [6.07, 6.45) is 1.01. The van der Waals surface area contributed by atoms with E-state index in [0.717, 1.165) is 19.5 Å². The van der Waals surface area contributed by atoms with Gasteiger partial charge < -0.3 is 24.0 Å². The summed E-state index contributed by atoms with van der Waals surface area (Å²) in [5.41, 5.74) is 0.849. The van der Waals surface area contributed by atoms with Gasteiger partial charge in [-0.2, -0.15) is 0 Å². The second-order valence-corrected chi connectivity index (χ2v) is 7.61. The Morgan fingerprint density at radius 2 is 1.65 bits per heavy atom. The van der Waals surface area contributed by atoms with Crippen LogP contribution in [0.5, 0.6) is 17.2 Å². The molecule has 2 aromatic carbocycles. The number of esters is 1. The van der Waals surface area contributed by atoms with Crippen molar-refractivity contribution in [2.45, 2.75) is 18.9 Å². The summed E-state index contributed by atoms with van der Waals surface area (Å²) < 4.78 is 16.6. The fraction of sp³-hybridized carbons (Fsp3) is 0.348. The maximum atomic E-state index is 12.3. The zero-order chi connectivity index (χ0) is 22.0. The molecule has 0 saturated carbocycles. The normalized spacial score (nSPS) is 17.9. The van der Waals surface area contributed by atoms with Crippen LogP contribution in [0.2, 0.25) is 0 Å². The van der Waals surface area contributed by atoms with E-state index in [2.05, 4.69) is 0 Å². The lowest BCUT2D eigenvalue weighted by Crippen LogP contribution is -2.41. The molecule has 0 bridgehead atoms. The fourth-order valence-corrected chi connectivity index (χ4v) is 3.50. The number of rotatable bonds is 6. The summed E-state index contributed by atoms with van der Waals surface area (Å²) in [6, 6.07) is 11.5. The van der Waals surface area contributed by atoms with Crippen LogP contribution in [0.15, 0.2) is 42.5 Å². The number of hydrogen-bond donors (Lipinski definition) is 0. The second kappa shape index (κ2) is 8.67. The third-order valence-corrected chi connectivity index (χ3v) is 5.44. The monoisotopic (exact) mass is 424 g/mol. The Labute approximate surface area is 180 Å². The molecule has 2 aliphatic rings. The van der Waals surface area contributed by atoms with Crippen LogP contribution < -0.4 is 9.47 Å². The molecule has 8 nitrogen and oxygen atoms in total. The van der Waals surface area contributed by atoms with E-state index in [1.807, 2.05) is 0 Å². The van der Waals surface area contributed by atoms with Gasteiger partial charge in [0.05, 0.1) is 12.7 Å². The lowest BCUT2D eigenvalue weighted by atomic mass is 10.1. The third kappa shape index (κ3) is 4.47. The van der Waals surface area contributed by atoms with Gasteiger partial charge in [-0.1, -0.05) is 0 Å². The molecule has 1 atom stereocenters. The maximum absolute atomic E-state index is 12.3. The number of carbonyl (C=O) groups excluding carboxylic acids is 3. The van der Waals surface area contributed by atoms with Crippen LogP contribution in [0, 0.1) is 0 Å². The molecule has 0 radical (unpaired) electrons. The van der Waals surface area contributed by atoms with Gasteiger partial charge >= 0.3 is 5.97 Å². The van der Waals surface area contributed by atoms with Crippen LogP contribution in [0.4, 0.5) is 0 Å². The minimum Gasteiger partial charge on any atom is -0.480 e. The summed E-state index contributed by atoms with van der Waals surface area (Å²) >= 11 is 0. The first-order chi connectivity index (χ1) is 14.9. The Kier molecular flexibility index (Phi) is 5.79. The van der Waals surface area contributed by atoms with Gasteiger partial charge in [0.1, 0.15) is 17.2 Å². The predicted molar refractivity (Wildman–Crippen MR) is 111 cm³/mol. The van der Waals surface area contributed by atoms with Crippen molar-refractivity contribution in [1.82, 2.24) is 9.80 Å². The number of methoxy groups -OCH3 is 1. The molecule has 0 aromatic heterocycles. The van der Waals surface area contributed by atoms with Crippen molar-refractivity contribution in [3.05, 3.63) is 53.6 Å². The molecule has 0 unspecified atom stereocenters. The molecule has 8 heteroatoms. The first-order valence-corrected chi connectivity index (χ1v) is 10.2. The van der Waals surface area contributed by atoms with Crippen LogP contribution in [-0.4, -0.2) is 67.5 Å². The highest BCUT2D eigenvalue weighted by Gasteiger charge is 2.31. The van der Waals surface area contributed by atoms with Crippen LogP contribution >= 0.6 is 0 Å². The number of amides is 2. The Morgan fingerprint density at radius 3 is 2.23 bits per heavy atom. The van der Waals surface area contributed by atoms with Gasteiger partial charge in [-0.15, -0.1) is 0 Å². The summed E-state index contributed by atoms with van der Waals surface area (Å²) in [6.45, 7) is 2.20. The Morgan fingerprint density at radius 1 is 0.935 bits per heavy atom. The average molecular weight is 424 g/mol. The molecular formula is C23H24N2O6. The van der Waals surface area contributed by atoms with Crippen LogP contribution in [-0.2, 0) is 9.53 Å². The number of likely N-dealkylation sites (N-methyl/N-ethyl adjacent to an activating group) is 1. The lowest BCUT2D eigenvalue weighted by molar-refractivity contribution is -0.132. The van der Waals surface area contributed by atoms with Crippen molar-refractivity contribution >= 4 is 17.8 Å². The van der Waals surface area contributed by atoms with Gasteiger partial charge in [-0.3, -0.25) is 9.59 Å². The van der Waals surface area contributed by atoms with Gasteiger partial charge in [-0.05, 0) is 42.8 Å². The number of ether oxygens (including phenoxy) is 3. The summed E-state index contributed by atoms with van der Waals surface area (Å²) in [4.78, 5) is 40.0. The SMILES string of the molecule is COC(=O)c1cc(Oc2ccc(C(=O)N3CCC3)cc2)cc(O[C@H]2CCN(C)C2=O)c1. The molecule has 2 heterocycles. The number of benzene rings is 2. The van der Waals surface area contributed by atoms with E-state index in [0.29, 0.717) is 35.8 Å². The Bertz CT molecular complexity index is 1000. The third-order valence-electron chi connectivity index (χ3n) is 5.44. The van der Waals surface area contributed by atoms with Gasteiger partial charge in [0.15, 0.2) is 6.10 Å². The molecule has 4 rings (SSSR count). The van der Waals surface area contributed by atoms with Crippen molar-refractivity contribution < 1.29 is 28.6 Å². The first kappa shape index (κ1) is 20.7. The molecular weight excluding hydrogens is 400 g/mol. The molecule has 0 spiro atoms. The molecule has 0 aliphatic carbocycles. The molecule has 31 heavy (non-hydrogen) atoms. The minimum absolute atomic E-state index is 0.00683. The molecule has 162 valence electrons. The van der Waals surface area contributed by atoms with Crippen LogP contribution in [0.25, 0.3) is 0 Å². The zero-order valence-corrected chi connectivity index (χ0v) is 17.5. The summed E-state index contributed by atoms with van der Waals surface area (Å²) in [7, 11) is 3.02. The number of nitrogens with zero attached hydrogens (tertiary/aromatic N) is 2. The molecule has 0 N–H and O–H groups in total. The molecule has 2 aliphatic heterocycles. The van der Waals surface area contributed by atoms with Crippen molar-refractivity contribution in [1.29, 1.82) is 0 Å². The van der Waals surface area contributed by atoms with Crippen molar-refractivity contribution in [2.75, 3.05) is 33.8 Å². The molecule has 2 saturated heterocycles. The fourth-order valence-electron chi connectivity index (χ4n) is 3.50. The van der Waals surface area contributed by atoms with Crippen molar-refractivity contribution in [2.24, 2.45) is 0 Å². The highest BCUT2D eigenvalue weighted by Crippen LogP contribution is 2.30. The van der Waals surface area contributed by atoms with E-state index in [-0.39, 0.29) is 17.4 Å². The van der Waals surface area contributed by atoms with E-state index in [1.54, 1.807) is 53.2 Å². The van der Waals surface area contributed by atoms with E-state index in [4.69, 9.17) is 14.2 Å². The Hall–Kier alpha value is -3.55. The lowest BCUT2D eigenvalue weighted by Gasteiger charge is -2.30. The number of carbonyl (C=O) groups is 3. The topological polar surface area (TPSA) is 85.4 Å². The minimum atomic E-state index is -0.599. The van der Waals surface area contributed by atoms with E-state index in [1.165, 1.54) is 13.2 Å². The second-order valence-electron chi connectivity index (χ2n) is 7.61. The van der Waals surface area contributed by atoms with Gasteiger partial charge in [-0.25, -0.2) is 4.79 Å². The van der Waals surface area contributed by atoms with Gasteiger partial charge in [0, 0.05) is 44.7 Å². The molecule has 2 fully saturated rings. The quantitative estimate of drug-likeness (QED) is 0.663. The summed E-state index contributed by atoms with van der Waals surface area (Å²) in [5.74, 6) is 0.570. The maximum Gasteiger partial charge on any atom is 0.338 e. The standard InChI is InChI=1S/C23H24N2O6/c1-24-11-8-20(22(24)27)31-19-13-16(23(28)29-2)12-18(14-19)30-17-6-4-15(5-7-17)21(26)25-9-3-10-25/h4-7,12-14,20H,3,8-11H2,1-2H3/t20-/m0/s1. The van der Waals surface area contributed by atoms with Crippen LogP contribution in [0.1, 0.15) is 33.6 Å². The van der Waals surface area contributed by atoms with Gasteiger partial charge in [0.25, 0.3) is 11.8 Å². The van der Waals surface area contributed by atoms with Crippen LogP contribution in [0.3, 0.4) is 0 Å². The summed E-state index contributed by atoms with van der Waals surface area (Å²) in [5, 5.41) is 0. The van der Waals surface area contributed by atoms with E-state index < -0.39 is 12.1 Å².